The van der Waals surface area contributed by atoms with Crippen molar-refractivity contribution in [3.63, 3.8) is 0 Å². The van der Waals surface area contributed by atoms with Gasteiger partial charge in [0.25, 0.3) is 0 Å². The van der Waals surface area contributed by atoms with Crippen molar-refractivity contribution < 1.29 is 0 Å². The average Bonchev–Trinajstić information content (AvgIpc) is 1.95. The minimum Gasteiger partial charge on any atom is -0.310 e. The molecule has 2 heteroatoms. The summed E-state index contributed by atoms with van der Waals surface area (Å²) in [5.74, 6) is 0. The molecule has 11 aromatic rings. The zero-order valence-electron chi connectivity index (χ0n) is 50.7. The van der Waals surface area contributed by atoms with E-state index in [-0.39, 0.29) is 32.5 Å². The number of hydrogen-bond donors (Lipinski definition) is 0. The van der Waals surface area contributed by atoms with Gasteiger partial charge in [-0.3, -0.25) is 0 Å². The Kier molecular flexibility index (Phi) is 10.8. The predicted molar refractivity (Wildman–Crippen MR) is 356 cm³/mol. The van der Waals surface area contributed by atoms with Gasteiger partial charge in [0, 0.05) is 66.6 Å². The van der Waals surface area contributed by atoms with Crippen LogP contribution in [0.25, 0.3) is 44.5 Å². The molecular weight excluding hydrogens is 1020 g/mol. The highest BCUT2D eigenvalue weighted by molar-refractivity contribution is 5.91. The lowest BCUT2D eigenvalue weighted by molar-refractivity contribution is 0.450. The van der Waals surface area contributed by atoms with Crippen LogP contribution < -0.4 is 9.80 Å². The summed E-state index contributed by atoms with van der Waals surface area (Å²) >= 11 is 0. The Bertz CT molecular complexity index is 4100. The van der Waals surface area contributed by atoms with Gasteiger partial charge in [0.2, 0.25) is 0 Å². The lowest BCUT2D eigenvalue weighted by atomic mass is 9.72. The molecule has 5 aliphatic rings. The molecule has 2 atom stereocenters. The summed E-state index contributed by atoms with van der Waals surface area (Å²) in [7, 11) is 0. The molecule has 0 bridgehead atoms. The SMILES string of the molecule is CC1(C)c2ccccc2-c2ccc(N(c3ccc(C4(C)CC(C)(c5ccc(N(c6ccc7c(c6)C(C)(C)c6ccccc6-7)c6ccc7c(c6)C(C)(C)c6ccccc6-7)cc5)c5ccccc54)cc3)c3ccc4c(c3)C(C)(C)c3ccccc3-4)cc21. The summed E-state index contributed by atoms with van der Waals surface area (Å²) in [6, 6.07) is 93.2. The van der Waals surface area contributed by atoms with E-state index in [4.69, 9.17) is 0 Å². The van der Waals surface area contributed by atoms with Crippen molar-refractivity contribution in [3.8, 4) is 44.5 Å². The van der Waals surface area contributed by atoms with Gasteiger partial charge in [0.05, 0.1) is 0 Å². The second-order valence-corrected chi connectivity index (χ2v) is 27.8. The molecule has 0 N–H and O–H groups in total. The van der Waals surface area contributed by atoms with Gasteiger partial charge in [0.15, 0.2) is 0 Å². The van der Waals surface area contributed by atoms with E-state index in [9.17, 15) is 0 Å². The van der Waals surface area contributed by atoms with Crippen molar-refractivity contribution in [1.29, 1.82) is 0 Å². The maximum absolute atomic E-state index is 2.51. The second kappa shape index (κ2) is 17.8. The van der Waals surface area contributed by atoms with Crippen LogP contribution in [-0.2, 0) is 32.5 Å². The molecule has 0 amide bonds. The number of rotatable bonds is 8. The zero-order chi connectivity index (χ0) is 58.2. The monoisotopic (exact) mass is 1100 g/mol. The van der Waals surface area contributed by atoms with E-state index in [0.717, 1.165) is 17.8 Å². The van der Waals surface area contributed by atoms with E-state index in [0.29, 0.717) is 0 Å². The van der Waals surface area contributed by atoms with E-state index >= 15 is 0 Å². The zero-order valence-corrected chi connectivity index (χ0v) is 50.7. The highest BCUT2D eigenvalue weighted by Crippen LogP contribution is 2.59. The third-order valence-corrected chi connectivity index (χ3v) is 21.6. The van der Waals surface area contributed by atoms with Crippen molar-refractivity contribution in [2.45, 2.75) is 108 Å². The standard InChI is InChI=1S/C83H72N2/c1-78(2)68-25-15-11-21-60(68)64-43-39-56(47-74(64)78)84(57-40-44-65-61-22-12-16-26-69(61)79(3,4)75(65)48-57)54-35-31-52(32-36-54)82(9)51-83(10,73-30-20-19-29-72(73)82)53-33-37-55(38-34-53)85(58-41-45-66-62-23-13-17-27-70(62)80(5,6)76(66)49-58)59-42-46-67-63-24-14-18-28-71(63)81(7,8)77(67)50-59/h11-50H,51H2,1-10H3. The molecule has 0 radical (unpaired) electrons. The van der Waals surface area contributed by atoms with Crippen molar-refractivity contribution in [1.82, 2.24) is 0 Å². The highest BCUT2D eigenvalue weighted by atomic mass is 15.1. The molecule has 16 rings (SSSR count). The Hall–Kier alpha value is -8.98. The molecule has 2 nitrogen and oxygen atoms in total. The van der Waals surface area contributed by atoms with Crippen LogP contribution in [0, 0.1) is 0 Å². The minimum atomic E-state index is -0.254. The maximum atomic E-state index is 2.51. The smallest absolute Gasteiger partial charge is 0.0465 e. The van der Waals surface area contributed by atoms with Crippen LogP contribution >= 0.6 is 0 Å². The predicted octanol–water partition coefficient (Wildman–Crippen LogP) is 21.9. The molecule has 5 aliphatic carbocycles. The van der Waals surface area contributed by atoms with Crippen LogP contribution in [0.4, 0.5) is 34.1 Å². The lowest BCUT2D eigenvalue weighted by Gasteiger charge is -2.33. The lowest BCUT2D eigenvalue weighted by Crippen LogP contribution is -2.26. The Labute approximate surface area is 503 Å². The number of fused-ring (bicyclic) bond motifs is 13. The number of benzene rings is 11. The Morgan fingerprint density at radius 3 is 0.682 bits per heavy atom. The summed E-state index contributed by atoms with van der Waals surface area (Å²) in [5.41, 5.74) is 33.1. The summed E-state index contributed by atoms with van der Waals surface area (Å²) in [4.78, 5) is 5.02. The normalized spacial score (nSPS) is 19.4. The molecule has 0 aromatic heterocycles. The molecule has 85 heavy (non-hydrogen) atoms. The summed E-state index contributed by atoms with van der Waals surface area (Å²) in [5, 5.41) is 0. The number of nitrogens with zero attached hydrogens (tertiary/aromatic N) is 2. The van der Waals surface area contributed by atoms with Crippen LogP contribution in [0.5, 0.6) is 0 Å². The first-order valence-electron chi connectivity index (χ1n) is 30.8. The van der Waals surface area contributed by atoms with Crippen LogP contribution in [-0.4, -0.2) is 0 Å². The molecule has 0 saturated heterocycles. The van der Waals surface area contributed by atoms with Gasteiger partial charge in [-0.05, 0) is 190 Å². The quantitative estimate of drug-likeness (QED) is 0.150. The molecule has 11 aromatic carbocycles. The number of hydrogen-bond acceptors (Lipinski definition) is 2. The minimum absolute atomic E-state index is 0.129. The largest absolute Gasteiger partial charge is 0.310 e. The Morgan fingerprint density at radius 1 is 0.212 bits per heavy atom. The van der Waals surface area contributed by atoms with Crippen LogP contribution in [0.15, 0.2) is 243 Å². The van der Waals surface area contributed by atoms with E-state index in [1.165, 1.54) is 134 Å². The van der Waals surface area contributed by atoms with E-state index in [2.05, 4.69) is 322 Å². The first-order chi connectivity index (χ1) is 40.9. The molecule has 414 valence electrons. The Balaban J connectivity index is 0.772. The third-order valence-electron chi connectivity index (χ3n) is 21.6. The Morgan fingerprint density at radius 2 is 0.424 bits per heavy atom. The summed E-state index contributed by atoms with van der Waals surface area (Å²) in [6.45, 7) is 24.1. The third kappa shape index (κ3) is 7.18. The second-order valence-electron chi connectivity index (χ2n) is 27.8. The molecular formula is C83H72N2. The molecule has 0 heterocycles. The van der Waals surface area contributed by atoms with Gasteiger partial charge >= 0.3 is 0 Å². The van der Waals surface area contributed by atoms with Crippen molar-refractivity contribution in [2.75, 3.05) is 9.80 Å². The highest BCUT2D eigenvalue weighted by Gasteiger charge is 2.49. The maximum Gasteiger partial charge on any atom is 0.0465 e. The number of anilines is 6. The topological polar surface area (TPSA) is 6.48 Å². The van der Waals surface area contributed by atoms with Crippen molar-refractivity contribution in [2.24, 2.45) is 0 Å². The molecule has 2 unspecified atom stereocenters. The summed E-state index contributed by atoms with van der Waals surface area (Å²) < 4.78 is 0. The summed E-state index contributed by atoms with van der Waals surface area (Å²) in [6.07, 6.45) is 0.938. The van der Waals surface area contributed by atoms with Crippen molar-refractivity contribution >= 4 is 34.1 Å². The van der Waals surface area contributed by atoms with E-state index < -0.39 is 0 Å². The van der Waals surface area contributed by atoms with Gasteiger partial charge < -0.3 is 9.80 Å². The van der Waals surface area contributed by atoms with Gasteiger partial charge in [-0.15, -0.1) is 0 Å². The van der Waals surface area contributed by atoms with Gasteiger partial charge in [-0.1, -0.05) is 239 Å². The van der Waals surface area contributed by atoms with Gasteiger partial charge in [-0.25, -0.2) is 0 Å². The van der Waals surface area contributed by atoms with Crippen LogP contribution in [0.2, 0.25) is 0 Å². The molecule has 0 saturated carbocycles. The molecule has 0 aliphatic heterocycles. The fourth-order valence-corrected chi connectivity index (χ4v) is 17.0. The van der Waals surface area contributed by atoms with Crippen LogP contribution in [0.3, 0.4) is 0 Å². The first kappa shape index (κ1) is 51.6. The van der Waals surface area contributed by atoms with Crippen LogP contribution in [0.1, 0.15) is 142 Å². The van der Waals surface area contributed by atoms with Gasteiger partial charge in [-0.2, -0.15) is 0 Å². The van der Waals surface area contributed by atoms with E-state index in [1.807, 2.05) is 0 Å². The first-order valence-corrected chi connectivity index (χ1v) is 30.8. The van der Waals surface area contributed by atoms with E-state index in [1.54, 1.807) is 0 Å². The van der Waals surface area contributed by atoms with Gasteiger partial charge in [0.1, 0.15) is 0 Å². The molecule has 0 spiro atoms. The average molecular weight is 1100 g/mol. The fraction of sp³-hybridized carbons (Fsp3) is 0.205. The fourth-order valence-electron chi connectivity index (χ4n) is 17.0. The molecule has 0 fully saturated rings. The van der Waals surface area contributed by atoms with Crippen molar-refractivity contribution in [3.05, 3.63) is 309 Å².